The van der Waals surface area contributed by atoms with Crippen molar-refractivity contribution in [2.45, 2.75) is 38.8 Å². The minimum atomic E-state index is -5.26. The van der Waals surface area contributed by atoms with Gasteiger partial charge in [0.1, 0.15) is 5.56 Å². The summed E-state index contributed by atoms with van der Waals surface area (Å²) in [6.07, 6.45) is -2.04. The van der Waals surface area contributed by atoms with E-state index in [0.29, 0.717) is 6.42 Å². The predicted molar refractivity (Wildman–Crippen MR) is 86.4 cm³/mol. The number of nitro benzene ring substituents is 1. The molecule has 1 rings (SSSR count). The molecule has 150 valence electrons. The number of hydrogen-bond acceptors (Lipinski definition) is 6. The summed E-state index contributed by atoms with van der Waals surface area (Å²) >= 11 is 0. The number of imide groups is 1. The zero-order valence-electron chi connectivity index (χ0n) is 14.2. The fourth-order valence-electron chi connectivity index (χ4n) is 2.24. The van der Waals surface area contributed by atoms with Gasteiger partial charge >= 0.3 is 17.9 Å². The largest absolute Gasteiger partial charge is 0.504 e. The van der Waals surface area contributed by atoms with Gasteiger partial charge in [-0.3, -0.25) is 20.2 Å². The standard InChI is InChI=1S/C15H18F3N3O6/c1-2-3-4-5-6-19-14(25)20-13(24)10-8(15(16,17)18)7-9(22)12(23)11(10)21(26)27/h7,22-23H,2-6H2,1H3,(H2,19,20,24,25). The fourth-order valence-corrected chi connectivity index (χ4v) is 2.24. The lowest BCUT2D eigenvalue weighted by Gasteiger charge is -2.14. The van der Waals surface area contributed by atoms with E-state index in [1.54, 1.807) is 5.32 Å². The lowest BCUT2D eigenvalue weighted by molar-refractivity contribution is -0.386. The Balaban J connectivity index is 3.12. The molecule has 3 amide bonds. The molecule has 0 atom stereocenters. The van der Waals surface area contributed by atoms with Gasteiger partial charge in [0.2, 0.25) is 5.75 Å². The molecule has 1 aromatic carbocycles. The van der Waals surface area contributed by atoms with Gasteiger partial charge < -0.3 is 15.5 Å². The Bertz CT molecular complexity index is 736. The second kappa shape index (κ2) is 9.05. The second-order valence-electron chi connectivity index (χ2n) is 5.54. The molecule has 0 unspecified atom stereocenters. The van der Waals surface area contributed by atoms with Crippen LogP contribution in [0.4, 0.5) is 23.7 Å². The highest BCUT2D eigenvalue weighted by Gasteiger charge is 2.43. The van der Waals surface area contributed by atoms with Crippen LogP contribution in [0.5, 0.6) is 11.5 Å². The van der Waals surface area contributed by atoms with Crippen LogP contribution in [0.15, 0.2) is 6.07 Å². The smallest absolute Gasteiger partial charge is 0.417 e. The van der Waals surface area contributed by atoms with Crippen molar-refractivity contribution in [1.82, 2.24) is 10.6 Å². The van der Waals surface area contributed by atoms with Gasteiger partial charge in [0, 0.05) is 6.54 Å². The Morgan fingerprint density at radius 3 is 2.37 bits per heavy atom. The third-order valence-electron chi connectivity index (χ3n) is 3.51. The first kappa shape index (κ1) is 22.0. The minimum absolute atomic E-state index is 0.0279. The van der Waals surface area contributed by atoms with Crippen LogP contribution < -0.4 is 10.6 Å². The number of carbonyl (C=O) groups excluding carboxylic acids is 2. The molecule has 0 bridgehead atoms. The molecule has 0 aliphatic heterocycles. The van der Waals surface area contributed by atoms with E-state index in [2.05, 4.69) is 5.32 Å². The van der Waals surface area contributed by atoms with E-state index < -0.39 is 51.4 Å². The summed E-state index contributed by atoms with van der Waals surface area (Å²) in [6, 6.07) is -1.17. The van der Waals surface area contributed by atoms with Crippen LogP contribution in [0.25, 0.3) is 0 Å². The summed E-state index contributed by atoms with van der Waals surface area (Å²) in [7, 11) is 0. The van der Waals surface area contributed by atoms with Gasteiger partial charge in [-0.25, -0.2) is 4.79 Å². The molecule has 0 aliphatic carbocycles. The SMILES string of the molecule is CCCCCCNC(=O)NC(=O)c1c(C(F)(F)F)cc(O)c(O)c1[N+](=O)[O-]. The van der Waals surface area contributed by atoms with Crippen molar-refractivity contribution in [3.63, 3.8) is 0 Å². The van der Waals surface area contributed by atoms with Crippen LogP contribution >= 0.6 is 0 Å². The molecule has 0 fully saturated rings. The van der Waals surface area contributed by atoms with Gasteiger partial charge in [0.05, 0.1) is 10.5 Å². The number of halogens is 3. The first-order valence-corrected chi connectivity index (χ1v) is 7.90. The average Bonchev–Trinajstić information content (AvgIpc) is 2.55. The molecular formula is C15H18F3N3O6. The van der Waals surface area contributed by atoms with Crippen LogP contribution in [0.3, 0.4) is 0 Å². The third-order valence-corrected chi connectivity index (χ3v) is 3.51. The number of nitrogens with zero attached hydrogens (tertiary/aromatic N) is 1. The van der Waals surface area contributed by atoms with Gasteiger partial charge in [0.25, 0.3) is 5.91 Å². The highest BCUT2D eigenvalue weighted by atomic mass is 19.4. The summed E-state index contributed by atoms with van der Waals surface area (Å²) in [5.41, 5.74) is -5.10. The van der Waals surface area contributed by atoms with E-state index in [-0.39, 0.29) is 12.6 Å². The van der Waals surface area contributed by atoms with Crippen LogP contribution in [0, 0.1) is 10.1 Å². The first-order valence-electron chi connectivity index (χ1n) is 7.90. The number of urea groups is 1. The van der Waals surface area contributed by atoms with Gasteiger partial charge in [-0.05, 0) is 12.5 Å². The minimum Gasteiger partial charge on any atom is -0.504 e. The number of nitro groups is 1. The molecule has 9 nitrogen and oxygen atoms in total. The van der Waals surface area contributed by atoms with Crippen molar-refractivity contribution in [3.8, 4) is 11.5 Å². The van der Waals surface area contributed by atoms with E-state index >= 15 is 0 Å². The number of alkyl halides is 3. The van der Waals surface area contributed by atoms with E-state index in [1.807, 2.05) is 6.92 Å². The van der Waals surface area contributed by atoms with Gasteiger partial charge in [0.15, 0.2) is 5.75 Å². The lowest BCUT2D eigenvalue weighted by atomic mass is 10.0. The third kappa shape index (κ3) is 5.72. The quantitative estimate of drug-likeness (QED) is 0.243. The van der Waals surface area contributed by atoms with Gasteiger partial charge in [-0.2, -0.15) is 13.2 Å². The number of nitrogens with one attached hydrogen (secondary N) is 2. The van der Waals surface area contributed by atoms with E-state index in [0.717, 1.165) is 19.3 Å². The number of unbranched alkanes of at least 4 members (excludes halogenated alkanes) is 3. The number of carbonyl (C=O) groups is 2. The Morgan fingerprint density at radius 2 is 1.85 bits per heavy atom. The van der Waals surface area contributed by atoms with E-state index in [9.17, 15) is 43.1 Å². The van der Waals surface area contributed by atoms with Crippen molar-refractivity contribution in [3.05, 3.63) is 27.3 Å². The molecule has 27 heavy (non-hydrogen) atoms. The van der Waals surface area contributed by atoms with E-state index in [4.69, 9.17) is 0 Å². The van der Waals surface area contributed by atoms with Crippen molar-refractivity contribution in [2.24, 2.45) is 0 Å². The predicted octanol–water partition coefficient (Wildman–Crippen LogP) is 3.04. The lowest BCUT2D eigenvalue weighted by Crippen LogP contribution is -2.40. The summed E-state index contributed by atoms with van der Waals surface area (Å²) < 4.78 is 39.4. The van der Waals surface area contributed by atoms with Crippen molar-refractivity contribution in [1.29, 1.82) is 0 Å². The Kier molecular flexibility index (Phi) is 7.37. The molecule has 0 spiro atoms. The number of rotatable bonds is 7. The monoisotopic (exact) mass is 393 g/mol. The molecule has 0 heterocycles. The van der Waals surface area contributed by atoms with Crippen LogP contribution in [-0.2, 0) is 6.18 Å². The molecule has 0 radical (unpaired) electrons. The molecule has 0 saturated heterocycles. The molecule has 4 N–H and O–H groups in total. The highest BCUT2D eigenvalue weighted by molar-refractivity contribution is 6.08. The molecular weight excluding hydrogens is 375 g/mol. The van der Waals surface area contributed by atoms with Crippen LogP contribution in [-0.4, -0.2) is 33.6 Å². The first-order chi connectivity index (χ1) is 12.5. The number of hydrogen-bond donors (Lipinski definition) is 4. The zero-order valence-corrected chi connectivity index (χ0v) is 14.2. The van der Waals surface area contributed by atoms with Gasteiger partial charge in [-0.15, -0.1) is 0 Å². The summed E-state index contributed by atoms with van der Waals surface area (Å²) in [4.78, 5) is 33.3. The number of aromatic hydroxyl groups is 2. The van der Waals surface area contributed by atoms with Crippen LogP contribution in [0.2, 0.25) is 0 Å². The highest BCUT2D eigenvalue weighted by Crippen LogP contribution is 2.45. The molecule has 0 aliphatic rings. The average molecular weight is 393 g/mol. The van der Waals surface area contributed by atoms with Crippen molar-refractivity contribution >= 4 is 17.6 Å². The fraction of sp³-hybridized carbons (Fsp3) is 0.467. The Morgan fingerprint density at radius 1 is 1.22 bits per heavy atom. The summed E-state index contributed by atoms with van der Waals surface area (Å²) in [6.45, 7) is 2.12. The number of benzene rings is 1. The number of phenols is 2. The molecule has 0 saturated carbocycles. The topological polar surface area (TPSA) is 142 Å². The normalized spacial score (nSPS) is 11.1. The molecule has 12 heteroatoms. The Labute approximate surface area is 151 Å². The second-order valence-corrected chi connectivity index (χ2v) is 5.54. The van der Waals surface area contributed by atoms with E-state index in [1.165, 1.54) is 0 Å². The molecule has 0 aromatic heterocycles. The number of amides is 3. The molecule has 1 aromatic rings. The van der Waals surface area contributed by atoms with Crippen molar-refractivity contribution < 1.29 is 37.9 Å². The van der Waals surface area contributed by atoms with Crippen molar-refractivity contribution in [2.75, 3.05) is 6.54 Å². The van der Waals surface area contributed by atoms with Crippen LogP contribution in [0.1, 0.15) is 48.5 Å². The number of phenolic OH excluding ortho intramolecular Hbond substituents is 2. The Hall–Kier alpha value is -3.05. The maximum atomic E-state index is 13.1. The zero-order chi connectivity index (χ0) is 20.8. The van der Waals surface area contributed by atoms with Gasteiger partial charge in [-0.1, -0.05) is 26.2 Å². The maximum Gasteiger partial charge on any atom is 0.417 e. The summed E-state index contributed by atoms with van der Waals surface area (Å²) in [5.74, 6) is -4.68. The maximum absolute atomic E-state index is 13.1. The summed E-state index contributed by atoms with van der Waals surface area (Å²) in [5, 5.41) is 33.6.